The topological polar surface area (TPSA) is 83.5 Å². The Morgan fingerprint density at radius 3 is 3.00 bits per heavy atom. The van der Waals surface area contributed by atoms with Gasteiger partial charge in [0.2, 0.25) is 11.8 Å². The molecule has 1 aromatic rings. The van der Waals surface area contributed by atoms with Crippen LogP contribution in [-0.2, 0) is 4.79 Å². The van der Waals surface area contributed by atoms with E-state index in [0.29, 0.717) is 24.5 Å². The highest BCUT2D eigenvalue weighted by molar-refractivity contribution is 5.94. The third-order valence-electron chi connectivity index (χ3n) is 2.64. The van der Waals surface area contributed by atoms with Crippen molar-refractivity contribution >= 4 is 11.6 Å². The summed E-state index contributed by atoms with van der Waals surface area (Å²) in [6.45, 7) is 0.457. The van der Waals surface area contributed by atoms with Crippen LogP contribution in [0.3, 0.4) is 0 Å². The SMILES string of the molecule is COc1ccc(NC(=O)C2CC(O)CN2)cn1. The molecule has 0 bridgehead atoms. The molecule has 0 aromatic carbocycles. The molecular weight excluding hydrogens is 222 g/mol. The Hall–Kier alpha value is -1.66. The van der Waals surface area contributed by atoms with Gasteiger partial charge in [-0.25, -0.2) is 4.98 Å². The Balaban J connectivity index is 1.93. The monoisotopic (exact) mass is 237 g/mol. The number of ether oxygens (including phenoxy) is 1. The van der Waals surface area contributed by atoms with Crippen molar-refractivity contribution in [3.05, 3.63) is 18.3 Å². The highest BCUT2D eigenvalue weighted by Crippen LogP contribution is 2.13. The first-order valence-corrected chi connectivity index (χ1v) is 5.41. The van der Waals surface area contributed by atoms with Gasteiger partial charge in [-0.1, -0.05) is 0 Å². The zero-order valence-corrected chi connectivity index (χ0v) is 9.51. The Kier molecular flexibility index (Phi) is 3.55. The summed E-state index contributed by atoms with van der Waals surface area (Å²) in [5.41, 5.74) is 0.610. The summed E-state index contributed by atoms with van der Waals surface area (Å²) in [6, 6.07) is 3.05. The summed E-state index contributed by atoms with van der Waals surface area (Å²) < 4.78 is 4.92. The number of β-amino-alcohol motifs (C(OH)–C–C–N with tert-alkyl or cyclic N) is 1. The molecule has 2 atom stereocenters. The van der Waals surface area contributed by atoms with E-state index in [1.54, 1.807) is 12.1 Å². The van der Waals surface area contributed by atoms with Crippen LogP contribution in [0.25, 0.3) is 0 Å². The lowest BCUT2D eigenvalue weighted by molar-refractivity contribution is -0.117. The standard InChI is InChI=1S/C11H15N3O3/c1-17-10-3-2-7(5-13-10)14-11(16)9-4-8(15)6-12-9/h2-3,5,8-9,12,15H,4,6H2,1H3,(H,14,16). The van der Waals surface area contributed by atoms with Crippen molar-refractivity contribution in [1.82, 2.24) is 10.3 Å². The van der Waals surface area contributed by atoms with E-state index in [1.165, 1.54) is 13.3 Å². The molecule has 1 fully saturated rings. The van der Waals surface area contributed by atoms with Gasteiger partial charge in [-0.2, -0.15) is 0 Å². The predicted octanol–water partition coefficient (Wildman–Crippen LogP) is -0.249. The number of aliphatic hydroxyl groups excluding tert-OH is 1. The van der Waals surface area contributed by atoms with Gasteiger partial charge in [0.15, 0.2) is 0 Å². The number of hydrogen-bond acceptors (Lipinski definition) is 5. The lowest BCUT2D eigenvalue weighted by atomic mass is 10.2. The van der Waals surface area contributed by atoms with E-state index in [2.05, 4.69) is 15.6 Å². The minimum Gasteiger partial charge on any atom is -0.481 e. The molecule has 1 aliphatic heterocycles. The number of nitrogens with one attached hydrogen (secondary N) is 2. The molecular formula is C11H15N3O3. The number of methoxy groups -OCH3 is 1. The maximum Gasteiger partial charge on any atom is 0.241 e. The minimum absolute atomic E-state index is 0.159. The fourth-order valence-electron chi connectivity index (χ4n) is 1.72. The van der Waals surface area contributed by atoms with Crippen LogP contribution in [0.2, 0.25) is 0 Å². The summed E-state index contributed by atoms with van der Waals surface area (Å²) >= 11 is 0. The Morgan fingerprint density at radius 1 is 1.65 bits per heavy atom. The van der Waals surface area contributed by atoms with E-state index in [1.807, 2.05) is 0 Å². The van der Waals surface area contributed by atoms with Crippen molar-refractivity contribution in [1.29, 1.82) is 0 Å². The van der Waals surface area contributed by atoms with Crippen molar-refractivity contribution in [2.24, 2.45) is 0 Å². The van der Waals surface area contributed by atoms with Gasteiger partial charge in [0.05, 0.1) is 31.1 Å². The maximum absolute atomic E-state index is 11.8. The van der Waals surface area contributed by atoms with Crippen LogP contribution >= 0.6 is 0 Å². The van der Waals surface area contributed by atoms with Crippen LogP contribution in [0.4, 0.5) is 5.69 Å². The number of amides is 1. The van der Waals surface area contributed by atoms with Gasteiger partial charge in [-0.3, -0.25) is 4.79 Å². The van der Waals surface area contributed by atoms with E-state index in [-0.39, 0.29) is 11.9 Å². The molecule has 17 heavy (non-hydrogen) atoms. The molecule has 1 amide bonds. The molecule has 0 aliphatic carbocycles. The number of rotatable bonds is 3. The van der Waals surface area contributed by atoms with Gasteiger partial charge in [-0.15, -0.1) is 0 Å². The fourth-order valence-corrected chi connectivity index (χ4v) is 1.72. The normalized spacial score (nSPS) is 23.4. The number of aromatic nitrogens is 1. The van der Waals surface area contributed by atoms with Gasteiger partial charge >= 0.3 is 0 Å². The average Bonchev–Trinajstić information content (AvgIpc) is 2.77. The second-order valence-corrected chi connectivity index (χ2v) is 3.93. The van der Waals surface area contributed by atoms with Gasteiger partial charge < -0.3 is 20.5 Å². The van der Waals surface area contributed by atoms with E-state index < -0.39 is 6.10 Å². The van der Waals surface area contributed by atoms with Crippen molar-refractivity contribution in [2.45, 2.75) is 18.6 Å². The van der Waals surface area contributed by atoms with Gasteiger partial charge in [-0.05, 0) is 12.5 Å². The van der Waals surface area contributed by atoms with Crippen LogP contribution < -0.4 is 15.4 Å². The molecule has 0 saturated carbocycles. The summed E-state index contributed by atoms with van der Waals surface area (Å²) in [4.78, 5) is 15.8. The molecule has 1 saturated heterocycles. The highest BCUT2D eigenvalue weighted by Gasteiger charge is 2.27. The van der Waals surface area contributed by atoms with Crippen LogP contribution in [0, 0.1) is 0 Å². The van der Waals surface area contributed by atoms with Crippen molar-refractivity contribution in [2.75, 3.05) is 19.0 Å². The van der Waals surface area contributed by atoms with Crippen molar-refractivity contribution in [3.63, 3.8) is 0 Å². The number of anilines is 1. The van der Waals surface area contributed by atoms with E-state index in [0.717, 1.165) is 0 Å². The average molecular weight is 237 g/mol. The number of aliphatic hydroxyl groups is 1. The number of nitrogens with zero attached hydrogens (tertiary/aromatic N) is 1. The first-order valence-electron chi connectivity index (χ1n) is 5.41. The van der Waals surface area contributed by atoms with E-state index >= 15 is 0 Å². The maximum atomic E-state index is 11.8. The van der Waals surface area contributed by atoms with E-state index in [9.17, 15) is 9.90 Å². The second-order valence-electron chi connectivity index (χ2n) is 3.93. The molecule has 1 aromatic heterocycles. The van der Waals surface area contributed by atoms with Gasteiger partial charge in [0.25, 0.3) is 0 Å². The molecule has 3 N–H and O–H groups in total. The molecule has 2 unspecified atom stereocenters. The van der Waals surface area contributed by atoms with Gasteiger partial charge in [0, 0.05) is 12.6 Å². The predicted molar refractivity (Wildman–Crippen MR) is 61.8 cm³/mol. The number of hydrogen-bond donors (Lipinski definition) is 3. The highest BCUT2D eigenvalue weighted by atomic mass is 16.5. The quantitative estimate of drug-likeness (QED) is 0.675. The van der Waals surface area contributed by atoms with Crippen LogP contribution in [0.5, 0.6) is 5.88 Å². The fraction of sp³-hybridized carbons (Fsp3) is 0.455. The Morgan fingerprint density at radius 2 is 2.47 bits per heavy atom. The lowest BCUT2D eigenvalue weighted by Crippen LogP contribution is -2.35. The smallest absolute Gasteiger partial charge is 0.241 e. The molecule has 0 radical (unpaired) electrons. The minimum atomic E-state index is -0.445. The lowest BCUT2D eigenvalue weighted by Gasteiger charge is -2.10. The van der Waals surface area contributed by atoms with Gasteiger partial charge in [0.1, 0.15) is 0 Å². The molecule has 2 heterocycles. The summed E-state index contributed by atoms with van der Waals surface area (Å²) in [5, 5.41) is 15.0. The molecule has 92 valence electrons. The summed E-state index contributed by atoms with van der Waals surface area (Å²) in [6.07, 6.45) is 1.53. The number of carbonyl (C=O) groups is 1. The Labute approximate surface area is 99.0 Å². The third kappa shape index (κ3) is 2.92. The van der Waals surface area contributed by atoms with E-state index in [4.69, 9.17) is 4.74 Å². The molecule has 6 nitrogen and oxygen atoms in total. The van der Waals surface area contributed by atoms with Crippen molar-refractivity contribution < 1.29 is 14.6 Å². The molecule has 1 aliphatic rings. The largest absolute Gasteiger partial charge is 0.481 e. The Bertz CT molecular complexity index is 393. The molecule has 0 spiro atoms. The third-order valence-corrected chi connectivity index (χ3v) is 2.64. The summed E-state index contributed by atoms with van der Waals surface area (Å²) in [5.74, 6) is 0.339. The van der Waals surface area contributed by atoms with Crippen LogP contribution in [0.1, 0.15) is 6.42 Å². The zero-order valence-electron chi connectivity index (χ0n) is 9.51. The molecule has 6 heteroatoms. The first-order chi connectivity index (χ1) is 8.19. The summed E-state index contributed by atoms with van der Waals surface area (Å²) in [7, 11) is 1.53. The van der Waals surface area contributed by atoms with Crippen LogP contribution in [0.15, 0.2) is 18.3 Å². The second kappa shape index (κ2) is 5.11. The molecule has 2 rings (SSSR count). The first kappa shape index (κ1) is 11.8. The van der Waals surface area contributed by atoms with Crippen LogP contribution in [-0.4, -0.2) is 41.8 Å². The van der Waals surface area contributed by atoms with Crippen molar-refractivity contribution in [3.8, 4) is 5.88 Å². The number of carbonyl (C=O) groups excluding carboxylic acids is 1. The number of pyridine rings is 1. The zero-order chi connectivity index (χ0) is 12.3.